The standard InChI is InChI=1S/C33H40N4O4/c1-8-36(9-2)28-16-12-26(13-17-28)24(6)30(20-34)32(38)40-22-23(5)41-33(39)31(21-35)25(7)27-14-18-29(19-15-27)37(10-3)11-4/h12-19,23H,8-11,22H2,1-7H3/b30-24+,31-25+. The minimum absolute atomic E-state index is 0.124. The van der Waals surface area contributed by atoms with Crippen molar-refractivity contribution in [2.45, 2.75) is 54.6 Å². The van der Waals surface area contributed by atoms with Gasteiger partial charge in [0.05, 0.1) is 0 Å². The van der Waals surface area contributed by atoms with E-state index < -0.39 is 18.0 Å². The third kappa shape index (κ3) is 8.46. The van der Waals surface area contributed by atoms with E-state index in [0.717, 1.165) is 48.7 Å². The van der Waals surface area contributed by atoms with Crippen LogP contribution in [0.5, 0.6) is 0 Å². The predicted molar refractivity (Wildman–Crippen MR) is 163 cm³/mol. The van der Waals surface area contributed by atoms with Crippen LogP contribution in [-0.4, -0.2) is 50.8 Å². The van der Waals surface area contributed by atoms with Crippen LogP contribution in [0, 0.1) is 22.7 Å². The number of nitriles is 2. The molecule has 216 valence electrons. The molecular weight excluding hydrogens is 516 g/mol. The fourth-order valence-electron chi connectivity index (χ4n) is 4.42. The van der Waals surface area contributed by atoms with Crippen LogP contribution in [0.3, 0.4) is 0 Å². The highest BCUT2D eigenvalue weighted by molar-refractivity contribution is 6.02. The lowest BCUT2D eigenvalue weighted by molar-refractivity contribution is -0.152. The van der Waals surface area contributed by atoms with Gasteiger partial charge in [-0.1, -0.05) is 24.3 Å². The Labute approximate surface area is 244 Å². The van der Waals surface area contributed by atoms with Gasteiger partial charge in [0.15, 0.2) is 0 Å². The summed E-state index contributed by atoms with van der Waals surface area (Å²) in [6, 6.07) is 19.2. The van der Waals surface area contributed by atoms with E-state index in [1.807, 2.05) is 60.7 Å². The van der Waals surface area contributed by atoms with Crippen molar-refractivity contribution in [3.63, 3.8) is 0 Å². The Kier molecular flexibility index (Phi) is 12.7. The average molecular weight is 557 g/mol. The molecule has 0 bridgehead atoms. The van der Waals surface area contributed by atoms with Gasteiger partial charge in [0, 0.05) is 37.6 Å². The Morgan fingerprint density at radius 2 is 1.07 bits per heavy atom. The Bertz CT molecular complexity index is 1340. The second-order valence-corrected chi connectivity index (χ2v) is 9.48. The van der Waals surface area contributed by atoms with Crippen LogP contribution in [0.2, 0.25) is 0 Å². The number of benzene rings is 2. The second-order valence-electron chi connectivity index (χ2n) is 9.48. The summed E-state index contributed by atoms with van der Waals surface area (Å²) in [7, 11) is 0. The zero-order valence-corrected chi connectivity index (χ0v) is 25.2. The summed E-state index contributed by atoms with van der Waals surface area (Å²) in [6.45, 7) is 16.5. The number of hydrogen-bond donors (Lipinski definition) is 0. The molecule has 0 heterocycles. The van der Waals surface area contributed by atoms with Crippen molar-refractivity contribution in [1.29, 1.82) is 10.5 Å². The first-order valence-corrected chi connectivity index (χ1v) is 14.0. The molecule has 0 aliphatic heterocycles. The van der Waals surface area contributed by atoms with E-state index in [-0.39, 0.29) is 17.8 Å². The summed E-state index contributed by atoms with van der Waals surface area (Å²) in [6.07, 6.45) is -0.832. The minimum atomic E-state index is -0.832. The summed E-state index contributed by atoms with van der Waals surface area (Å²) >= 11 is 0. The van der Waals surface area contributed by atoms with E-state index in [0.29, 0.717) is 11.1 Å². The number of rotatable bonds is 13. The molecule has 0 saturated heterocycles. The van der Waals surface area contributed by atoms with Crippen molar-refractivity contribution in [3.05, 3.63) is 70.8 Å². The number of anilines is 2. The Hall–Kier alpha value is -4.56. The summed E-state index contributed by atoms with van der Waals surface area (Å²) < 4.78 is 10.7. The number of allylic oxidation sites excluding steroid dienone is 2. The van der Waals surface area contributed by atoms with Crippen LogP contribution in [-0.2, 0) is 19.1 Å². The molecule has 8 nitrogen and oxygen atoms in total. The highest BCUT2D eigenvalue weighted by Gasteiger charge is 2.21. The van der Waals surface area contributed by atoms with Gasteiger partial charge in [-0.05, 0) is 95.0 Å². The van der Waals surface area contributed by atoms with Crippen LogP contribution < -0.4 is 9.80 Å². The van der Waals surface area contributed by atoms with Gasteiger partial charge < -0.3 is 19.3 Å². The number of nitrogens with zero attached hydrogens (tertiary/aromatic N) is 4. The van der Waals surface area contributed by atoms with Crippen LogP contribution in [0.1, 0.15) is 59.6 Å². The third-order valence-corrected chi connectivity index (χ3v) is 7.00. The van der Waals surface area contributed by atoms with Gasteiger partial charge in [-0.25, -0.2) is 9.59 Å². The van der Waals surface area contributed by atoms with Gasteiger partial charge in [0.25, 0.3) is 0 Å². The van der Waals surface area contributed by atoms with Gasteiger partial charge in [-0.3, -0.25) is 0 Å². The molecule has 0 saturated carbocycles. The number of hydrogen-bond acceptors (Lipinski definition) is 8. The van der Waals surface area contributed by atoms with Crippen LogP contribution in [0.15, 0.2) is 59.7 Å². The maximum Gasteiger partial charge on any atom is 0.349 e. The number of ether oxygens (including phenoxy) is 2. The number of esters is 2. The fraction of sp³-hybridized carbons (Fsp3) is 0.394. The summed E-state index contributed by atoms with van der Waals surface area (Å²) in [4.78, 5) is 29.9. The van der Waals surface area contributed by atoms with Crippen LogP contribution >= 0.6 is 0 Å². The molecule has 1 atom stereocenters. The molecule has 1 unspecified atom stereocenters. The fourth-order valence-corrected chi connectivity index (χ4v) is 4.42. The molecule has 41 heavy (non-hydrogen) atoms. The molecule has 2 rings (SSSR count). The Morgan fingerprint density at radius 3 is 1.41 bits per heavy atom. The minimum Gasteiger partial charge on any atom is -0.458 e. The zero-order valence-electron chi connectivity index (χ0n) is 25.2. The lowest BCUT2D eigenvalue weighted by Crippen LogP contribution is -2.24. The lowest BCUT2D eigenvalue weighted by atomic mass is 10.0. The molecule has 0 aliphatic rings. The first-order valence-electron chi connectivity index (χ1n) is 14.0. The highest BCUT2D eigenvalue weighted by atomic mass is 16.6. The van der Waals surface area contributed by atoms with E-state index in [9.17, 15) is 20.1 Å². The molecule has 2 aromatic carbocycles. The van der Waals surface area contributed by atoms with E-state index in [2.05, 4.69) is 37.5 Å². The molecule has 0 radical (unpaired) electrons. The van der Waals surface area contributed by atoms with Gasteiger partial charge in [0.1, 0.15) is 36.0 Å². The molecule has 0 fully saturated rings. The summed E-state index contributed by atoms with van der Waals surface area (Å²) in [5.41, 5.74) is 4.31. The monoisotopic (exact) mass is 556 g/mol. The second kappa shape index (κ2) is 15.9. The largest absolute Gasteiger partial charge is 0.458 e. The van der Waals surface area contributed by atoms with Crippen LogP contribution in [0.25, 0.3) is 11.1 Å². The molecule has 0 aromatic heterocycles. The van der Waals surface area contributed by atoms with E-state index >= 15 is 0 Å². The molecule has 0 amide bonds. The van der Waals surface area contributed by atoms with Crippen molar-refractivity contribution in [1.82, 2.24) is 0 Å². The van der Waals surface area contributed by atoms with Gasteiger partial charge >= 0.3 is 11.9 Å². The molecular formula is C33H40N4O4. The van der Waals surface area contributed by atoms with E-state index in [1.54, 1.807) is 20.8 Å². The topological polar surface area (TPSA) is 107 Å². The first kappa shape index (κ1) is 32.7. The van der Waals surface area contributed by atoms with E-state index in [1.165, 1.54) is 0 Å². The zero-order chi connectivity index (χ0) is 30.5. The Balaban J connectivity index is 2.09. The predicted octanol–water partition coefficient (Wildman–Crippen LogP) is 6.15. The van der Waals surface area contributed by atoms with Crippen molar-refractivity contribution >= 4 is 34.5 Å². The number of carbonyl (C=O) groups is 2. The third-order valence-electron chi connectivity index (χ3n) is 7.00. The highest BCUT2D eigenvalue weighted by Crippen LogP contribution is 2.24. The Morgan fingerprint density at radius 1 is 0.707 bits per heavy atom. The summed E-state index contributed by atoms with van der Waals surface area (Å²) in [5, 5.41) is 19.3. The van der Waals surface area contributed by atoms with E-state index in [4.69, 9.17) is 9.47 Å². The SMILES string of the molecule is CCN(CC)c1ccc(/C(C)=C(\C#N)C(=O)OCC(C)OC(=O)/C(C#N)=C(\C)c2ccc(N(CC)CC)cc2)cc1. The molecule has 0 spiro atoms. The molecule has 0 N–H and O–H groups in total. The van der Waals surface area contributed by atoms with Crippen molar-refractivity contribution < 1.29 is 19.1 Å². The van der Waals surface area contributed by atoms with Gasteiger partial charge in [-0.15, -0.1) is 0 Å². The molecule has 2 aromatic rings. The summed E-state index contributed by atoms with van der Waals surface area (Å²) in [5.74, 6) is -1.61. The quantitative estimate of drug-likeness (QED) is 0.164. The van der Waals surface area contributed by atoms with Crippen molar-refractivity contribution in [3.8, 4) is 12.1 Å². The molecule has 8 heteroatoms. The maximum absolute atomic E-state index is 12.8. The number of carbonyl (C=O) groups excluding carboxylic acids is 2. The maximum atomic E-state index is 12.8. The van der Waals surface area contributed by atoms with Crippen molar-refractivity contribution in [2.75, 3.05) is 42.6 Å². The van der Waals surface area contributed by atoms with Gasteiger partial charge in [0.2, 0.25) is 0 Å². The van der Waals surface area contributed by atoms with Gasteiger partial charge in [-0.2, -0.15) is 10.5 Å². The van der Waals surface area contributed by atoms with Crippen molar-refractivity contribution in [2.24, 2.45) is 0 Å². The molecule has 0 aliphatic carbocycles. The lowest BCUT2D eigenvalue weighted by Gasteiger charge is -2.21. The first-order chi connectivity index (χ1) is 19.6. The average Bonchev–Trinajstić information content (AvgIpc) is 2.98. The van der Waals surface area contributed by atoms with Crippen LogP contribution in [0.4, 0.5) is 11.4 Å². The smallest absolute Gasteiger partial charge is 0.349 e. The normalized spacial score (nSPS) is 12.6.